The first-order valence-electron chi connectivity index (χ1n) is 10.6. The summed E-state index contributed by atoms with van der Waals surface area (Å²) in [6.07, 6.45) is 0.672. The molecule has 0 aliphatic carbocycles. The zero-order valence-electron chi connectivity index (χ0n) is 19.0. The summed E-state index contributed by atoms with van der Waals surface area (Å²) in [5, 5.41) is 11.1. The van der Waals surface area contributed by atoms with E-state index >= 15 is 0 Å². The number of amides is 4. The number of rotatable bonds is 5. The Kier molecular flexibility index (Phi) is 9.11. The third kappa shape index (κ3) is 6.44. The van der Waals surface area contributed by atoms with Gasteiger partial charge in [0.2, 0.25) is 23.6 Å². The van der Waals surface area contributed by atoms with Crippen molar-refractivity contribution >= 4 is 23.6 Å². The van der Waals surface area contributed by atoms with Crippen molar-refractivity contribution in [3.8, 4) is 0 Å². The Bertz CT molecular complexity index is 612. The number of hydrogen-bond donors (Lipinski definition) is 4. The smallest absolute Gasteiger partial charge is 0.243 e. The molecular formula is C21H38N4O4. The van der Waals surface area contributed by atoms with Gasteiger partial charge in [-0.15, -0.1) is 0 Å². The summed E-state index contributed by atoms with van der Waals surface area (Å²) >= 11 is 0. The lowest BCUT2D eigenvalue weighted by molar-refractivity contribution is -0.139. The molecule has 1 rings (SSSR count). The third-order valence-corrected chi connectivity index (χ3v) is 5.53. The van der Waals surface area contributed by atoms with Crippen LogP contribution in [-0.4, -0.2) is 47.8 Å². The number of hydrogen-bond acceptors (Lipinski definition) is 4. The summed E-state index contributed by atoms with van der Waals surface area (Å²) in [4.78, 5) is 51.8. The van der Waals surface area contributed by atoms with Gasteiger partial charge < -0.3 is 21.3 Å². The van der Waals surface area contributed by atoms with Crippen molar-refractivity contribution in [2.75, 3.05) is 0 Å². The Labute approximate surface area is 174 Å². The highest BCUT2D eigenvalue weighted by Crippen LogP contribution is 2.14. The van der Waals surface area contributed by atoms with Gasteiger partial charge in [0.05, 0.1) is 0 Å². The van der Waals surface area contributed by atoms with Gasteiger partial charge in [-0.05, 0) is 23.7 Å². The van der Waals surface area contributed by atoms with Crippen LogP contribution in [0.25, 0.3) is 0 Å². The van der Waals surface area contributed by atoms with Gasteiger partial charge in [0.25, 0.3) is 0 Å². The molecule has 8 heteroatoms. The van der Waals surface area contributed by atoms with Crippen molar-refractivity contribution in [3.05, 3.63) is 0 Å². The van der Waals surface area contributed by atoms with E-state index in [4.69, 9.17) is 0 Å². The van der Waals surface area contributed by atoms with Crippen molar-refractivity contribution in [3.63, 3.8) is 0 Å². The highest BCUT2D eigenvalue weighted by atomic mass is 16.2. The molecule has 0 bridgehead atoms. The molecule has 4 N–H and O–H groups in total. The Morgan fingerprint density at radius 1 is 0.552 bits per heavy atom. The van der Waals surface area contributed by atoms with Crippen molar-refractivity contribution in [2.24, 2.45) is 23.7 Å². The standard InChI is InChI=1S/C21H38N4O4/c1-9-13(8)17-21(29)24-15(11(4)5)19(27)22-14(10(2)3)18(26)23-16(12(6)7)20(28)25-17/h10-17H,9H2,1-8H3,(H,22,27)(H,23,26)(H,24,29)(H,25,28). The summed E-state index contributed by atoms with van der Waals surface area (Å²) in [6.45, 7) is 14.8. The highest BCUT2D eigenvalue weighted by Gasteiger charge is 2.37. The number of carbonyl (C=O) groups is 4. The lowest BCUT2D eigenvalue weighted by Crippen LogP contribution is -2.64. The lowest BCUT2D eigenvalue weighted by Gasteiger charge is -2.33. The van der Waals surface area contributed by atoms with Gasteiger partial charge in [-0.1, -0.05) is 61.8 Å². The second-order valence-corrected chi connectivity index (χ2v) is 9.06. The Hall–Kier alpha value is -2.12. The van der Waals surface area contributed by atoms with Gasteiger partial charge in [0, 0.05) is 0 Å². The van der Waals surface area contributed by atoms with Crippen LogP contribution in [0.15, 0.2) is 0 Å². The van der Waals surface area contributed by atoms with E-state index in [9.17, 15) is 19.2 Å². The predicted octanol–water partition coefficient (Wildman–Crippen LogP) is 0.953. The molecule has 0 aromatic rings. The molecule has 1 aliphatic rings. The Morgan fingerprint density at radius 2 is 0.793 bits per heavy atom. The molecule has 166 valence electrons. The van der Waals surface area contributed by atoms with E-state index in [2.05, 4.69) is 21.3 Å². The first kappa shape index (κ1) is 24.9. The molecule has 5 atom stereocenters. The molecule has 1 aliphatic heterocycles. The topological polar surface area (TPSA) is 116 Å². The first-order valence-corrected chi connectivity index (χ1v) is 10.6. The van der Waals surface area contributed by atoms with E-state index in [1.165, 1.54) is 0 Å². The van der Waals surface area contributed by atoms with E-state index in [1.54, 1.807) is 0 Å². The Balaban J connectivity index is 3.39. The van der Waals surface area contributed by atoms with E-state index in [1.807, 2.05) is 55.4 Å². The summed E-state index contributed by atoms with van der Waals surface area (Å²) in [7, 11) is 0. The minimum absolute atomic E-state index is 0.135. The highest BCUT2D eigenvalue weighted by molar-refractivity contribution is 5.97. The van der Waals surface area contributed by atoms with Crippen LogP contribution >= 0.6 is 0 Å². The van der Waals surface area contributed by atoms with E-state index < -0.39 is 47.8 Å². The van der Waals surface area contributed by atoms with Gasteiger partial charge in [-0.2, -0.15) is 0 Å². The van der Waals surface area contributed by atoms with Gasteiger partial charge in [0.15, 0.2) is 0 Å². The molecule has 0 radical (unpaired) electrons. The molecule has 1 heterocycles. The SMILES string of the molecule is CCC(C)C1NC(=O)C(C(C)C)NC(=O)C(C(C)C)NC(=O)C(C(C)C)NC1=O. The van der Waals surface area contributed by atoms with Gasteiger partial charge in [-0.25, -0.2) is 0 Å². The van der Waals surface area contributed by atoms with E-state index in [0.29, 0.717) is 6.42 Å². The van der Waals surface area contributed by atoms with E-state index in [-0.39, 0.29) is 23.7 Å². The van der Waals surface area contributed by atoms with E-state index in [0.717, 1.165) is 0 Å². The fourth-order valence-corrected chi connectivity index (χ4v) is 3.28. The van der Waals surface area contributed by atoms with Crippen molar-refractivity contribution in [1.29, 1.82) is 0 Å². The van der Waals surface area contributed by atoms with Crippen LogP contribution in [0, 0.1) is 23.7 Å². The molecule has 0 aromatic heterocycles. The first-order chi connectivity index (χ1) is 13.4. The van der Waals surface area contributed by atoms with Crippen LogP contribution in [0.5, 0.6) is 0 Å². The molecule has 5 unspecified atom stereocenters. The monoisotopic (exact) mass is 410 g/mol. The molecule has 0 spiro atoms. The van der Waals surface area contributed by atoms with Crippen LogP contribution in [0.4, 0.5) is 0 Å². The molecule has 29 heavy (non-hydrogen) atoms. The molecule has 0 saturated carbocycles. The molecule has 0 aromatic carbocycles. The summed E-state index contributed by atoms with van der Waals surface area (Å²) in [5.74, 6) is -2.29. The minimum atomic E-state index is -0.806. The third-order valence-electron chi connectivity index (χ3n) is 5.53. The zero-order chi connectivity index (χ0) is 22.5. The van der Waals surface area contributed by atoms with Crippen LogP contribution in [-0.2, 0) is 19.2 Å². The van der Waals surface area contributed by atoms with Crippen molar-refractivity contribution in [1.82, 2.24) is 21.3 Å². The summed E-state index contributed by atoms with van der Waals surface area (Å²) in [6, 6.07) is -3.21. The van der Waals surface area contributed by atoms with Crippen LogP contribution in [0.2, 0.25) is 0 Å². The molecule has 1 fully saturated rings. The summed E-state index contributed by atoms with van der Waals surface area (Å²) in [5.41, 5.74) is 0. The van der Waals surface area contributed by atoms with Crippen molar-refractivity contribution in [2.45, 2.75) is 86.0 Å². The number of carbonyl (C=O) groups excluding carboxylic acids is 4. The van der Waals surface area contributed by atoms with Gasteiger partial charge in [-0.3, -0.25) is 19.2 Å². The minimum Gasteiger partial charge on any atom is -0.342 e. The number of nitrogens with one attached hydrogen (secondary N) is 4. The fraction of sp³-hybridized carbons (Fsp3) is 0.810. The molecule has 8 nitrogen and oxygen atoms in total. The fourth-order valence-electron chi connectivity index (χ4n) is 3.28. The second kappa shape index (κ2) is 10.6. The van der Waals surface area contributed by atoms with Crippen LogP contribution < -0.4 is 21.3 Å². The van der Waals surface area contributed by atoms with Crippen LogP contribution in [0.1, 0.15) is 61.8 Å². The zero-order valence-corrected chi connectivity index (χ0v) is 19.0. The maximum atomic E-state index is 13.0. The largest absolute Gasteiger partial charge is 0.342 e. The average molecular weight is 411 g/mol. The average Bonchev–Trinajstić information content (AvgIpc) is 2.63. The Morgan fingerprint density at radius 3 is 1.03 bits per heavy atom. The van der Waals surface area contributed by atoms with Gasteiger partial charge in [0.1, 0.15) is 24.2 Å². The maximum Gasteiger partial charge on any atom is 0.243 e. The quantitative estimate of drug-likeness (QED) is 0.540. The molecular weight excluding hydrogens is 372 g/mol. The maximum absolute atomic E-state index is 13.0. The second-order valence-electron chi connectivity index (χ2n) is 9.06. The van der Waals surface area contributed by atoms with Crippen molar-refractivity contribution < 1.29 is 19.2 Å². The normalized spacial score (nSPS) is 28.2. The predicted molar refractivity (Wildman–Crippen MR) is 112 cm³/mol. The van der Waals surface area contributed by atoms with Gasteiger partial charge >= 0.3 is 0 Å². The lowest BCUT2D eigenvalue weighted by atomic mass is 9.94. The summed E-state index contributed by atoms with van der Waals surface area (Å²) < 4.78 is 0. The van der Waals surface area contributed by atoms with Crippen LogP contribution in [0.3, 0.4) is 0 Å². The molecule has 4 amide bonds. The molecule has 1 saturated heterocycles.